The summed E-state index contributed by atoms with van der Waals surface area (Å²) >= 11 is 1.86. The lowest BCUT2D eigenvalue weighted by Gasteiger charge is -2.10. The van der Waals surface area contributed by atoms with E-state index >= 15 is 0 Å². The van der Waals surface area contributed by atoms with Gasteiger partial charge >= 0.3 is 0 Å². The molecule has 1 aromatic heterocycles. The lowest BCUT2D eigenvalue weighted by Crippen LogP contribution is -2.07. The summed E-state index contributed by atoms with van der Waals surface area (Å²) in [6.45, 7) is 1.81. The minimum atomic E-state index is 0.790. The van der Waals surface area contributed by atoms with E-state index in [0.29, 0.717) is 0 Å². The van der Waals surface area contributed by atoms with Gasteiger partial charge in [0.25, 0.3) is 0 Å². The van der Waals surface area contributed by atoms with Crippen LogP contribution in [0.3, 0.4) is 0 Å². The summed E-state index contributed by atoms with van der Waals surface area (Å²) < 4.78 is 0. The van der Waals surface area contributed by atoms with Crippen LogP contribution in [0.1, 0.15) is 11.1 Å². The van der Waals surface area contributed by atoms with Crippen molar-refractivity contribution in [2.24, 2.45) is 0 Å². The molecule has 0 aliphatic carbocycles. The summed E-state index contributed by atoms with van der Waals surface area (Å²) in [6, 6.07) is 14.6. The van der Waals surface area contributed by atoms with E-state index in [1.54, 1.807) is 0 Å². The topological polar surface area (TPSA) is 65.9 Å². The number of aromatic nitrogens is 1. The second-order valence-electron chi connectivity index (χ2n) is 6.21. The molecule has 0 bridgehead atoms. The average molecular weight is 350 g/mol. The number of fused-ring (bicyclic) bond motifs is 1. The van der Waals surface area contributed by atoms with Crippen LogP contribution in [0.2, 0.25) is 0 Å². The molecule has 0 amide bonds. The summed E-state index contributed by atoms with van der Waals surface area (Å²) in [4.78, 5) is 4.70. The molecule has 128 valence electrons. The number of para-hydroxylation sites is 1. The van der Waals surface area contributed by atoms with E-state index in [0.717, 1.165) is 36.8 Å². The molecule has 5 heteroatoms. The number of hydrogen-bond acceptors (Lipinski definition) is 4. The SMILES string of the molecule is Nc1ccc(C=C2CNCS2)cc1NCCc1c[nH]c2ccccc12. The Bertz CT molecular complexity index is 905. The highest BCUT2D eigenvalue weighted by Gasteiger charge is 2.07. The number of rotatable bonds is 5. The highest BCUT2D eigenvalue weighted by molar-refractivity contribution is 8.03. The molecule has 1 saturated heterocycles. The van der Waals surface area contributed by atoms with Gasteiger partial charge in [-0.15, -0.1) is 11.8 Å². The van der Waals surface area contributed by atoms with Crippen molar-refractivity contribution >= 4 is 40.1 Å². The van der Waals surface area contributed by atoms with Crippen molar-refractivity contribution in [1.29, 1.82) is 0 Å². The third kappa shape index (κ3) is 3.67. The molecule has 2 heterocycles. The van der Waals surface area contributed by atoms with Gasteiger partial charge < -0.3 is 21.4 Å². The Morgan fingerprint density at radius 3 is 3.00 bits per heavy atom. The first kappa shape index (κ1) is 16.1. The van der Waals surface area contributed by atoms with Gasteiger partial charge in [-0.2, -0.15) is 0 Å². The standard InChI is InChI=1S/C20H22N4S/c21-18-6-5-14(9-16-12-22-13-25-16)10-20(18)23-8-7-15-11-24-19-4-2-1-3-17(15)19/h1-6,9-11,22-24H,7-8,12-13,21H2. The summed E-state index contributed by atoms with van der Waals surface area (Å²) in [7, 11) is 0. The fraction of sp³-hybridized carbons (Fsp3) is 0.200. The number of H-pyrrole nitrogens is 1. The van der Waals surface area contributed by atoms with Gasteiger partial charge in [0, 0.05) is 41.0 Å². The van der Waals surface area contributed by atoms with E-state index in [-0.39, 0.29) is 0 Å². The predicted molar refractivity (Wildman–Crippen MR) is 110 cm³/mol. The maximum Gasteiger partial charge on any atom is 0.0580 e. The Morgan fingerprint density at radius 2 is 2.12 bits per heavy atom. The van der Waals surface area contributed by atoms with E-state index in [1.165, 1.54) is 26.9 Å². The molecular formula is C20H22N4S. The molecule has 0 radical (unpaired) electrons. The maximum atomic E-state index is 6.14. The van der Waals surface area contributed by atoms with Crippen LogP contribution in [0.5, 0.6) is 0 Å². The van der Waals surface area contributed by atoms with Crippen molar-refractivity contribution in [3.05, 3.63) is 64.7 Å². The number of hydrogen-bond donors (Lipinski definition) is 4. The quantitative estimate of drug-likeness (QED) is 0.524. The molecular weight excluding hydrogens is 328 g/mol. The van der Waals surface area contributed by atoms with Crippen molar-refractivity contribution < 1.29 is 0 Å². The van der Waals surface area contributed by atoms with Crippen LogP contribution in [0.25, 0.3) is 17.0 Å². The fourth-order valence-electron chi connectivity index (χ4n) is 3.13. The zero-order chi connectivity index (χ0) is 17.1. The van der Waals surface area contributed by atoms with Gasteiger partial charge in [0.1, 0.15) is 0 Å². The van der Waals surface area contributed by atoms with E-state index < -0.39 is 0 Å². The molecule has 2 aromatic carbocycles. The van der Waals surface area contributed by atoms with Gasteiger partial charge in [-0.3, -0.25) is 0 Å². The third-order valence-electron chi connectivity index (χ3n) is 4.45. The zero-order valence-corrected chi connectivity index (χ0v) is 14.8. The summed E-state index contributed by atoms with van der Waals surface area (Å²) in [5, 5.41) is 8.12. The number of nitrogens with two attached hydrogens (primary N) is 1. The van der Waals surface area contributed by atoms with Gasteiger partial charge in [-0.25, -0.2) is 0 Å². The molecule has 4 nitrogen and oxygen atoms in total. The number of benzene rings is 2. The summed E-state index contributed by atoms with van der Waals surface area (Å²) in [6.07, 6.45) is 5.28. The molecule has 0 unspecified atom stereocenters. The van der Waals surface area contributed by atoms with E-state index in [9.17, 15) is 0 Å². The van der Waals surface area contributed by atoms with Crippen LogP contribution in [0, 0.1) is 0 Å². The minimum absolute atomic E-state index is 0.790. The molecule has 3 aromatic rings. The first-order valence-electron chi connectivity index (χ1n) is 8.52. The van der Waals surface area contributed by atoms with Crippen molar-refractivity contribution in [2.45, 2.75) is 6.42 Å². The number of thioether (sulfide) groups is 1. The van der Waals surface area contributed by atoms with Gasteiger partial charge in [0.2, 0.25) is 0 Å². The Hall–Kier alpha value is -2.37. The molecule has 0 spiro atoms. The summed E-state index contributed by atoms with van der Waals surface area (Å²) in [5.41, 5.74) is 11.6. The van der Waals surface area contributed by atoms with Crippen molar-refractivity contribution in [3.8, 4) is 0 Å². The lowest BCUT2D eigenvalue weighted by molar-refractivity contribution is 0.916. The van der Waals surface area contributed by atoms with E-state index in [4.69, 9.17) is 5.73 Å². The smallest absolute Gasteiger partial charge is 0.0580 e. The first-order chi connectivity index (χ1) is 12.3. The third-order valence-corrected chi connectivity index (χ3v) is 5.43. The Morgan fingerprint density at radius 1 is 1.20 bits per heavy atom. The van der Waals surface area contributed by atoms with Crippen molar-refractivity contribution in [3.63, 3.8) is 0 Å². The van der Waals surface area contributed by atoms with Crippen molar-refractivity contribution in [1.82, 2.24) is 10.3 Å². The number of anilines is 2. The minimum Gasteiger partial charge on any atom is -0.397 e. The van der Waals surface area contributed by atoms with Crippen LogP contribution in [-0.2, 0) is 6.42 Å². The summed E-state index contributed by atoms with van der Waals surface area (Å²) in [5.74, 6) is 0.997. The van der Waals surface area contributed by atoms with E-state index in [2.05, 4.69) is 64.3 Å². The van der Waals surface area contributed by atoms with Gasteiger partial charge in [-0.05, 0) is 41.8 Å². The van der Waals surface area contributed by atoms with Crippen LogP contribution < -0.4 is 16.4 Å². The zero-order valence-electron chi connectivity index (χ0n) is 14.0. The molecule has 0 saturated carbocycles. The molecule has 4 rings (SSSR count). The molecule has 25 heavy (non-hydrogen) atoms. The molecule has 1 aliphatic heterocycles. The van der Waals surface area contributed by atoms with Gasteiger partial charge in [-0.1, -0.05) is 24.3 Å². The first-order valence-corrected chi connectivity index (χ1v) is 9.50. The van der Waals surface area contributed by atoms with Gasteiger partial charge in [0.05, 0.1) is 11.4 Å². The highest BCUT2D eigenvalue weighted by atomic mass is 32.2. The maximum absolute atomic E-state index is 6.14. The van der Waals surface area contributed by atoms with Gasteiger partial charge in [0.15, 0.2) is 0 Å². The number of nitrogens with one attached hydrogen (secondary N) is 3. The molecule has 0 atom stereocenters. The van der Waals surface area contributed by atoms with E-state index in [1.807, 2.05) is 17.8 Å². The van der Waals surface area contributed by atoms with Crippen molar-refractivity contribution in [2.75, 3.05) is 30.0 Å². The van der Waals surface area contributed by atoms with Crippen LogP contribution >= 0.6 is 11.8 Å². The molecule has 1 fully saturated rings. The lowest BCUT2D eigenvalue weighted by atomic mass is 10.1. The number of aromatic amines is 1. The molecule has 5 N–H and O–H groups in total. The Labute approximate surface area is 151 Å². The second kappa shape index (κ2) is 7.25. The number of nitrogen functional groups attached to an aromatic ring is 1. The predicted octanol–water partition coefficient (Wildman–Crippen LogP) is 4.04. The largest absolute Gasteiger partial charge is 0.397 e. The second-order valence-corrected chi connectivity index (χ2v) is 7.31. The Kier molecular flexibility index (Phi) is 4.68. The fourth-order valence-corrected chi connectivity index (χ4v) is 3.95. The average Bonchev–Trinajstić information content (AvgIpc) is 3.28. The van der Waals surface area contributed by atoms with Crippen LogP contribution in [-0.4, -0.2) is 24.0 Å². The van der Waals surface area contributed by atoms with Crippen LogP contribution in [0.4, 0.5) is 11.4 Å². The Balaban J connectivity index is 1.44. The molecule has 1 aliphatic rings. The monoisotopic (exact) mass is 350 g/mol. The highest BCUT2D eigenvalue weighted by Crippen LogP contribution is 2.26. The van der Waals surface area contributed by atoms with Crippen LogP contribution in [0.15, 0.2) is 53.6 Å². The normalized spacial score (nSPS) is 15.9.